The lowest BCUT2D eigenvalue weighted by atomic mass is 10.2. The number of hydrogen-bond donors (Lipinski definition) is 0. The van der Waals surface area contributed by atoms with Crippen molar-refractivity contribution in [2.24, 2.45) is 0 Å². The third-order valence-corrected chi connectivity index (χ3v) is 2.83. The molecule has 1 aliphatic heterocycles. The third kappa shape index (κ3) is 3.18. The van der Waals surface area contributed by atoms with Crippen molar-refractivity contribution in [1.82, 2.24) is 9.88 Å². The lowest BCUT2D eigenvalue weighted by molar-refractivity contribution is 0.0384. The molecular formula is C12H18N2O2. The van der Waals surface area contributed by atoms with Gasteiger partial charge >= 0.3 is 0 Å². The maximum absolute atomic E-state index is 5.32. The van der Waals surface area contributed by atoms with E-state index in [1.807, 2.05) is 12.1 Å². The average Bonchev–Trinajstić information content (AvgIpc) is 2.38. The van der Waals surface area contributed by atoms with Crippen molar-refractivity contribution >= 4 is 0 Å². The third-order valence-electron chi connectivity index (χ3n) is 2.83. The number of morpholine rings is 1. The fraction of sp³-hybridized carbons (Fsp3) is 0.583. The number of nitrogens with zero attached hydrogens (tertiary/aromatic N) is 2. The van der Waals surface area contributed by atoms with Gasteiger partial charge in [0.25, 0.3) is 0 Å². The Hall–Kier alpha value is -1.13. The van der Waals surface area contributed by atoms with Gasteiger partial charge in [-0.2, -0.15) is 0 Å². The van der Waals surface area contributed by atoms with E-state index in [4.69, 9.17) is 9.47 Å². The van der Waals surface area contributed by atoms with Gasteiger partial charge in [0, 0.05) is 31.9 Å². The Morgan fingerprint density at radius 2 is 2.25 bits per heavy atom. The van der Waals surface area contributed by atoms with Gasteiger partial charge in [0.05, 0.1) is 20.3 Å². The molecule has 1 fully saturated rings. The Morgan fingerprint density at radius 3 is 3.00 bits per heavy atom. The van der Waals surface area contributed by atoms with Gasteiger partial charge in [-0.3, -0.25) is 4.90 Å². The van der Waals surface area contributed by atoms with Gasteiger partial charge in [0.15, 0.2) is 0 Å². The standard InChI is InChI=1S/C12H18N2O2/c1-15-12-10-11(2-4-13-12)3-5-14-6-8-16-9-7-14/h2,4,10H,3,5-9H2,1H3. The molecule has 0 saturated carbocycles. The first kappa shape index (κ1) is 11.4. The molecule has 0 spiro atoms. The summed E-state index contributed by atoms with van der Waals surface area (Å²) in [6.07, 6.45) is 2.84. The number of pyridine rings is 1. The molecule has 0 aliphatic carbocycles. The average molecular weight is 222 g/mol. The molecule has 0 aromatic carbocycles. The molecule has 0 amide bonds. The Bertz CT molecular complexity index is 325. The summed E-state index contributed by atoms with van der Waals surface area (Å²) < 4.78 is 10.4. The van der Waals surface area contributed by atoms with E-state index >= 15 is 0 Å². The van der Waals surface area contributed by atoms with E-state index in [0.29, 0.717) is 5.88 Å². The highest BCUT2D eigenvalue weighted by atomic mass is 16.5. The lowest BCUT2D eigenvalue weighted by Gasteiger charge is -2.26. The van der Waals surface area contributed by atoms with Crippen LogP contribution in [0.2, 0.25) is 0 Å². The van der Waals surface area contributed by atoms with Crippen LogP contribution in [0.4, 0.5) is 0 Å². The van der Waals surface area contributed by atoms with E-state index in [1.54, 1.807) is 13.3 Å². The molecule has 0 unspecified atom stereocenters. The van der Waals surface area contributed by atoms with Gasteiger partial charge in [-0.25, -0.2) is 4.98 Å². The lowest BCUT2D eigenvalue weighted by Crippen LogP contribution is -2.37. The highest BCUT2D eigenvalue weighted by molar-refractivity contribution is 5.20. The first-order valence-corrected chi connectivity index (χ1v) is 5.67. The van der Waals surface area contributed by atoms with Crippen LogP contribution in [0.15, 0.2) is 18.3 Å². The summed E-state index contributed by atoms with van der Waals surface area (Å²) in [5, 5.41) is 0. The van der Waals surface area contributed by atoms with Crippen LogP contribution in [0.1, 0.15) is 5.56 Å². The Labute approximate surface area is 96.2 Å². The summed E-state index contributed by atoms with van der Waals surface area (Å²) >= 11 is 0. The summed E-state index contributed by atoms with van der Waals surface area (Å²) in [5.41, 5.74) is 1.28. The molecule has 4 heteroatoms. The molecule has 1 aliphatic rings. The van der Waals surface area contributed by atoms with Crippen LogP contribution < -0.4 is 4.74 Å². The van der Waals surface area contributed by atoms with E-state index in [0.717, 1.165) is 39.3 Å². The van der Waals surface area contributed by atoms with Crippen molar-refractivity contribution in [3.05, 3.63) is 23.9 Å². The molecule has 0 radical (unpaired) electrons. The summed E-state index contributed by atoms with van der Waals surface area (Å²) in [7, 11) is 1.65. The molecule has 1 saturated heterocycles. The topological polar surface area (TPSA) is 34.6 Å². The number of rotatable bonds is 4. The van der Waals surface area contributed by atoms with Crippen LogP contribution in [0, 0.1) is 0 Å². The van der Waals surface area contributed by atoms with Crippen molar-refractivity contribution in [2.45, 2.75) is 6.42 Å². The minimum atomic E-state index is 0.694. The molecule has 1 aromatic heterocycles. The smallest absolute Gasteiger partial charge is 0.213 e. The summed E-state index contributed by atoms with van der Waals surface area (Å²) in [5.74, 6) is 0.694. The van der Waals surface area contributed by atoms with Crippen LogP contribution in [0.25, 0.3) is 0 Å². The van der Waals surface area contributed by atoms with Gasteiger partial charge < -0.3 is 9.47 Å². The Balaban J connectivity index is 1.83. The second-order valence-electron chi connectivity index (χ2n) is 3.91. The molecule has 88 valence electrons. The number of methoxy groups -OCH3 is 1. The predicted molar refractivity (Wildman–Crippen MR) is 61.8 cm³/mol. The quantitative estimate of drug-likeness (QED) is 0.760. The minimum Gasteiger partial charge on any atom is -0.481 e. The summed E-state index contributed by atoms with van der Waals surface area (Å²) in [6.45, 7) is 4.89. The van der Waals surface area contributed by atoms with Crippen LogP contribution in [-0.4, -0.2) is 49.8 Å². The van der Waals surface area contributed by atoms with Crippen LogP contribution in [0.3, 0.4) is 0 Å². The van der Waals surface area contributed by atoms with Gasteiger partial charge in [-0.1, -0.05) is 0 Å². The van der Waals surface area contributed by atoms with Gasteiger partial charge in [-0.05, 0) is 18.1 Å². The van der Waals surface area contributed by atoms with Crippen molar-refractivity contribution in [3.63, 3.8) is 0 Å². The van der Waals surface area contributed by atoms with Crippen molar-refractivity contribution in [1.29, 1.82) is 0 Å². The van der Waals surface area contributed by atoms with E-state index in [2.05, 4.69) is 9.88 Å². The first-order valence-electron chi connectivity index (χ1n) is 5.67. The normalized spacial score (nSPS) is 17.3. The minimum absolute atomic E-state index is 0.694. The number of hydrogen-bond acceptors (Lipinski definition) is 4. The molecule has 0 N–H and O–H groups in total. The first-order chi connectivity index (χ1) is 7.88. The summed E-state index contributed by atoms with van der Waals surface area (Å²) in [6, 6.07) is 4.05. The zero-order chi connectivity index (χ0) is 11.2. The maximum atomic E-state index is 5.32. The predicted octanol–water partition coefficient (Wildman–Crippen LogP) is 0.965. The second-order valence-corrected chi connectivity index (χ2v) is 3.91. The zero-order valence-corrected chi connectivity index (χ0v) is 9.69. The summed E-state index contributed by atoms with van der Waals surface area (Å²) in [4.78, 5) is 6.52. The van der Waals surface area contributed by atoms with E-state index in [-0.39, 0.29) is 0 Å². The van der Waals surface area contributed by atoms with E-state index in [1.165, 1.54) is 5.56 Å². The Kier molecular flexibility index (Phi) is 4.13. The monoisotopic (exact) mass is 222 g/mol. The fourth-order valence-electron chi connectivity index (χ4n) is 1.83. The molecule has 0 atom stereocenters. The maximum Gasteiger partial charge on any atom is 0.213 e. The molecule has 16 heavy (non-hydrogen) atoms. The van der Waals surface area contributed by atoms with Crippen molar-refractivity contribution in [3.8, 4) is 5.88 Å². The largest absolute Gasteiger partial charge is 0.481 e. The SMILES string of the molecule is COc1cc(CCN2CCOCC2)ccn1. The van der Waals surface area contributed by atoms with Gasteiger partial charge in [0.2, 0.25) is 5.88 Å². The van der Waals surface area contributed by atoms with Crippen LogP contribution in [0.5, 0.6) is 5.88 Å². The van der Waals surface area contributed by atoms with Gasteiger partial charge in [0.1, 0.15) is 0 Å². The Morgan fingerprint density at radius 1 is 1.44 bits per heavy atom. The number of aromatic nitrogens is 1. The highest BCUT2D eigenvalue weighted by Crippen LogP contribution is 2.10. The highest BCUT2D eigenvalue weighted by Gasteiger charge is 2.09. The number of ether oxygens (including phenoxy) is 2. The zero-order valence-electron chi connectivity index (χ0n) is 9.69. The van der Waals surface area contributed by atoms with Gasteiger partial charge in [-0.15, -0.1) is 0 Å². The molecule has 2 heterocycles. The molecule has 1 aromatic rings. The second kappa shape index (κ2) is 5.82. The molecule has 0 bridgehead atoms. The molecule has 4 nitrogen and oxygen atoms in total. The molecular weight excluding hydrogens is 204 g/mol. The van der Waals surface area contributed by atoms with Crippen LogP contribution in [-0.2, 0) is 11.2 Å². The van der Waals surface area contributed by atoms with E-state index < -0.39 is 0 Å². The van der Waals surface area contributed by atoms with Crippen LogP contribution >= 0.6 is 0 Å². The van der Waals surface area contributed by atoms with Crippen molar-refractivity contribution < 1.29 is 9.47 Å². The fourth-order valence-corrected chi connectivity index (χ4v) is 1.83. The van der Waals surface area contributed by atoms with Crippen molar-refractivity contribution in [2.75, 3.05) is 40.0 Å². The van der Waals surface area contributed by atoms with E-state index in [9.17, 15) is 0 Å². The molecule has 2 rings (SSSR count).